The molecule has 0 spiro atoms. The van der Waals surface area contributed by atoms with Gasteiger partial charge < -0.3 is 4.43 Å². The van der Waals surface area contributed by atoms with Crippen molar-refractivity contribution in [3.8, 4) is 0 Å². The van der Waals surface area contributed by atoms with Crippen molar-refractivity contribution < 1.29 is 4.43 Å². The smallest absolute Gasteiger partial charge is 0.251 e. The molecule has 1 heterocycles. The molecular weight excluding hydrogens is 178 g/mol. The summed E-state index contributed by atoms with van der Waals surface area (Å²) >= 11 is 0. The molecule has 3 heteroatoms. The Morgan fingerprint density at radius 1 is 1.38 bits per heavy atom. The van der Waals surface area contributed by atoms with Crippen molar-refractivity contribution in [3.05, 3.63) is 0 Å². The molecular formula is C10H21NOSi. The molecule has 0 aromatic heterocycles. The summed E-state index contributed by atoms with van der Waals surface area (Å²) in [6.07, 6.45) is 0. The fourth-order valence-electron chi connectivity index (χ4n) is 1.21. The summed E-state index contributed by atoms with van der Waals surface area (Å²) in [5.74, 6) is 0.960. The van der Waals surface area contributed by atoms with Gasteiger partial charge in [0.25, 0.3) is 8.32 Å². The highest BCUT2D eigenvalue weighted by molar-refractivity contribution is 6.74. The lowest BCUT2D eigenvalue weighted by atomic mass is 9.97. The van der Waals surface area contributed by atoms with Crippen LogP contribution in [0.4, 0.5) is 0 Å². The minimum atomic E-state index is -1.50. The molecule has 0 saturated carbocycles. The van der Waals surface area contributed by atoms with E-state index >= 15 is 0 Å². The number of rotatable bonds is 0. The first kappa shape index (κ1) is 10.8. The summed E-state index contributed by atoms with van der Waals surface area (Å²) < 4.78 is 6.04. The Kier molecular flexibility index (Phi) is 2.58. The zero-order valence-corrected chi connectivity index (χ0v) is 10.6. The molecule has 1 atom stereocenters. The SMILES string of the molecule is CC1CN=C(C(C)(C)C)O[Si]1(C)C. The molecule has 0 amide bonds. The van der Waals surface area contributed by atoms with Gasteiger partial charge in [0, 0.05) is 17.5 Å². The summed E-state index contributed by atoms with van der Waals surface area (Å²) in [4.78, 5) is 4.51. The van der Waals surface area contributed by atoms with Crippen LogP contribution >= 0.6 is 0 Å². The molecule has 1 rings (SSSR count). The summed E-state index contributed by atoms with van der Waals surface area (Å²) in [5, 5.41) is 0. The van der Waals surface area contributed by atoms with Gasteiger partial charge in [-0.3, -0.25) is 4.99 Å². The molecule has 1 aliphatic rings. The third-order valence-corrected chi connectivity index (χ3v) is 5.97. The largest absolute Gasteiger partial charge is 0.534 e. The molecule has 0 saturated heterocycles. The molecule has 0 fully saturated rings. The van der Waals surface area contributed by atoms with E-state index in [2.05, 4.69) is 45.8 Å². The highest BCUT2D eigenvalue weighted by Gasteiger charge is 2.39. The van der Waals surface area contributed by atoms with E-state index in [-0.39, 0.29) is 5.41 Å². The van der Waals surface area contributed by atoms with Crippen LogP contribution in [0.1, 0.15) is 27.7 Å². The summed E-state index contributed by atoms with van der Waals surface area (Å²) in [5.41, 5.74) is 0.711. The second kappa shape index (κ2) is 3.12. The fraction of sp³-hybridized carbons (Fsp3) is 0.900. The van der Waals surface area contributed by atoms with Crippen LogP contribution in [-0.2, 0) is 4.43 Å². The number of hydrogen-bond acceptors (Lipinski definition) is 2. The van der Waals surface area contributed by atoms with Crippen LogP contribution in [-0.4, -0.2) is 20.8 Å². The molecule has 1 aliphatic heterocycles. The number of nitrogens with zero attached hydrogens (tertiary/aromatic N) is 1. The van der Waals surface area contributed by atoms with Gasteiger partial charge in [-0.05, 0) is 13.1 Å². The van der Waals surface area contributed by atoms with Crippen molar-refractivity contribution in [2.75, 3.05) is 6.54 Å². The van der Waals surface area contributed by atoms with E-state index in [1.165, 1.54) is 0 Å². The van der Waals surface area contributed by atoms with Crippen LogP contribution in [0.3, 0.4) is 0 Å². The van der Waals surface area contributed by atoms with E-state index in [1.54, 1.807) is 0 Å². The lowest BCUT2D eigenvalue weighted by Crippen LogP contribution is -2.45. The molecule has 0 aromatic rings. The third kappa shape index (κ3) is 2.33. The van der Waals surface area contributed by atoms with E-state index in [0.29, 0.717) is 5.54 Å². The standard InChI is InChI=1S/C10H21NOSi/c1-8-7-11-9(10(2,3)4)12-13(8,5)6/h8H,7H2,1-6H3. The molecule has 2 nitrogen and oxygen atoms in total. The van der Waals surface area contributed by atoms with Gasteiger partial charge >= 0.3 is 0 Å². The molecule has 1 unspecified atom stereocenters. The summed E-state index contributed by atoms with van der Waals surface area (Å²) in [7, 11) is -1.50. The van der Waals surface area contributed by atoms with Crippen molar-refractivity contribution in [2.45, 2.75) is 46.3 Å². The normalized spacial score (nSPS) is 27.8. The summed E-state index contributed by atoms with van der Waals surface area (Å²) in [6.45, 7) is 14.2. The van der Waals surface area contributed by atoms with E-state index < -0.39 is 8.32 Å². The first-order valence-corrected chi connectivity index (χ1v) is 7.96. The number of aliphatic imine (C=N–C) groups is 1. The van der Waals surface area contributed by atoms with Crippen LogP contribution in [0.5, 0.6) is 0 Å². The van der Waals surface area contributed by atoms with Crippen LogP contribution in [0.2, 0.25) is 18.6 Å². The monoisotopic (exact) mass is 199 g/mol. The molecule has 13 heavy (non-hydrogen) atoms. The second-order valence-corrected chi connectivity index (χ2v) is 9.90. The first-order chi connectivity index (χ1) is 5.73. The molecule has 0 aliphatic carbocycles. The van der Waals surface area contributed by atoms with Crippen LogP contribution in [0, 0.1) is 5.41 Å². The molecule has 0 bridgehead atoms. The van der Waals surface area contributed by atoms with E-state index in [9.17, 15) is 0 Å². The van der Waals surface area contributed by atoms with E-state index in [4.69, 9.17) is 4.43 Å². The van der Waals surface area contributed by atoms with E-state index in [0.717, 1.165) is 12.4 Å². The molecule has 0 N–H and O–H groups in total. The van der Waals surface area contributed by atoms with Gasteiger partial charge in [-0.2, -0.15) is 0 Å². The van der Waals surface area contributed by atoms with Crippen LogP contribution in [0.25, 0.3) is 0 Å². The van der Waals surface area contributed by atoms with Crippen LogP contribution in [0.15, 0.2) is 4.99 Å². The lowest BCUT2D eigenvalue weighted by molar-refractivity contribution is 0.401. The quantitative estimate of drug-likeness (QED) is 0.549. The van der Waals surface area contributed by atoms with E-state index in [1.807, 2.05) is 0 Å². The Labute approximate surface area is 82.5 Å². The third-order valence-electron chi connectivity index (χ3n) is 2.70. The van der Waals surface area contributed by atoms with Gasteiger partial charge in [0.05, 0.1) is 0 Å². The van der Waals surface area contributed by atoms with Gasteiger partial charge in [0.2, 0.25) is 0 Å². The average Bonchev–Trinajstić information content (AvgIpc) is 1.92. The first-order valence-electron chi connectivity index (χ1n) is 4.97. The Bertz CT molecular complexity index is 228. The lowest BCUT2D eigenvalue weighted by Gasteiger charge is -2.38. The predicted molar refractivity (Wildman–Crippen MR) is 59.7 cm³/mol. The minimum absolute atomic E-state index is 0.0738. The highest BCUT2D eigenvalue weighted by atomic mass is 28.4. The van der Waals surface area contributed by atoms with Gasteiger partial charge in [0.15, 0.2) is 5.90 Å². The fourth-order valence-corrected chi connectivity index (χ4v) is 2.81. The zero-order chi connectivity index (χ0) is 10.3. The minimum Gasteiger partial charge on any atom is -0.534 e. The average molecular weight is 199 g/mol. The maximum Gasteiger partial charge on any atom is 0.251 e. The van der Waals surface area contributed by atoms with Gasteiger partial charge in [-0.25, -0.2) is 0 Å². The Morgan fingerprint density at radius 3 is 2.31 bits per heavy atom. The maximum absolute atomic E-state index is 6.04. The van der Waals surface area contributed by atoms with Gasteiger partial charge in [0.1, 0.15) is 0 Å². The van der Waals surface area contributed by atoms with Gasteiger partial charge in [-0.1, -0.05) is 27.7 Å². The molecule has 0 aromatic carbocycles. The van der Waals surface area contributed by atoms with Crippen LogP contribution < -0.4 is 0 Å². The van der Waals surface area contributed by atoms with Crippen molar-refractivity contribution in [1.29, 1.82) is 0 Å². The zero-order valence-electron chi connectivity index (χ0n) is 9.64. The van der Waals surface area contributed by atoms with Gasteiger partial charge in [-0.15, -0.1) is 0 Å². The topological polar surface area (TPSA) is 21.6 Å². The Hall–Kier alpha value is -0.313. The highest BCUT2D eigenvalue weighted by Crippen LogP contribution is 2.31. The van der Waals surface area contributed by atoms with Crippen molar-refractivity contribution >= 4 is 14.2 Å². The van der Waals surface area contributed by atoms with Crippen molar-refractivity contribution in [1.82, 2.24) is 0 Å². The summed E-state index contributed by atoms with van der Waals surface area (Å²) in [6, 6.07) is 0. The Balaban J connectivity index is 2.84. The number of hydrogen-bond donors (Lipinski definition) is 0. The van der Waals surface area contributed by atoms with Crippen molar-refractivity contribution in [2.24, 2.45) is 10.4 Å². The van der Waals surface area contributed by atoms with Crippen molar-refractivity contribution in [3.63, 3.8) is 0 Å². The maximum atomic E-state index is 6.04. The molecule has 0 radical (unpaired) electrons. The molecule has 76 valence electrons. The predicted octanol–water partition coefficient (Wildman–Crippen LogP) is 3.06. The Morgan fingerprint density at radius 2 is 1.92 bits per heavy atom. The second-order valence-electron chi connectivity index (χ2n) is 5.50.